The number of fused-ring (bicyclic) bond motifs is 10. The molecule has 222 valence electrons. The first kappa shape index (κ1) is 26.2. The minimum Gasteiger partial charge on any atom is -0.438 e. The van der Waals surface area contributed by atoms with Gasteiger partial charge in [0.2, 0.25) is 5.71 Å². The Morgan fingerprint density at radius 1 is 0.553 bits per heavy atom. The maximum Gasteiger partial charge on any atom is 0.231 e. The summed E-state index contributed by atoms with van der Waals surface area (Å²) in [5.74, 6) is 0.649. The SMILES string of the molecule is CC1(C)c2ccccc2-c2c1ccc1c2c2ccccc2n1-c1ccc(-c2nc(-c3ccccc3)nc3oc4ccccc4c23)cc1. The molecule has 0 atom stereocenters. The van der Waals surface area contributed by atoms with E-state index in [1.165, 1.54) is 44.1 Å². The molecule has 0 bridgehead atoms. The van der Waals surface area contributed by atoms with Gasteiger partial charge in [0.1, 0.15) is 5.58 Å². The fraction of sp³-hybridized carbons (Fsp3) is 0.0698. The molecule has 1 aliphatic rings. The molecular formula is C43H29N3O. The molecule has 0 spiro atoms. The first-order valence-corrected chi connectivity index (χ1v) is 16.1. The monoisotopic (exact) mass is 603 g/mol. The topological polar surface area (TPSA) is 43.9 Å². The molecule has 4 nitrogen and oxygen atoms in total. The molecule has 0 saturated carbocycles. The van der Waals surface area contributed by atoms with Crippen molar-refractivity contribution < 1.29 is 4.42 Å². The molecule has 3 aromatic heterocycles. The van der Waals surface area contributed by atoms with Crippen molar-refractivity contribution in [1.82, 2.24) is 14.5 Å². The predicted octanol–water partition coefficient (Wildman–Crippen LogP) is 11.1. The third-order valence-electron chi connectivity index (χ3n) is 10.1. The molecule has 3 heterocycles. The van der Waals surface area contributed by atoms with Crippen LogP contribution in [0.3, 0.4) is 0 Å². The smallest absolute Gasteiger partial charge is 0.231 e. The number of furan rings is 1. The summed E-state index contributed by atoms with van der Waals surface area (Å²) in [4.78, 5) is 10.0. The van der Waals surface area contributed by atoms with E-state index in [1.807, 2.05) is 48.5 Å². The number of hydrogen-bond acceptors (Lipinski definition) is 3. The molecule has 47 heavy (non-hydrogen) atoms. The summed E-state index contributed by atoms with van der Waals surface area (Å²) in [6, 6.07) is 49.3. The van der Waals surface area contributed by atoms with Crippen molar-refractivity contribution in [3.8, 4) is 39.5 Å². The summed E-state index contributed by atoms with van der Waals surface area (Å²) in [6.45, 7) is 4.69. The summed E-state index contributed by atoms with van der Waals surface area (Å²) in [5.41, 5.74) is 13.2. The van der Waals surface area contributed by atoms with Gasteiger partial charge in [0.25, 0.3) is 0 Å². The highest BCUT2D eigenvalue weighted by atomic mass is 16.3. The van der Waals surface area contributed by atoms with Gasteiger partial charge in [0.15, 0.2) is 5.82 Å². The average molecular weight is 604 g/mol. The maximum atomic E-state index is 6.28. The van der Waals surface area contributed by atoms with Crippen molar-refractivity contribution in [3.63, 3.8) is 0 Å². The van der Waals surface area contributed by atoms with Crippen molar-refractivity contribution in [2.45, 2.75) is 19.3 Å². The van der Waals surface area contributed by atoms with Gasteiger partial charge in [0, 0.05) is 38.4 Å². The summed E-state index contributed by atoms with van der Waals surface area (Å²) in [6.07, 6.45) is 0. The fourth-order valence-electron chi connectivity index (χ4n) is 7.85. The molecule has 6 aromatic carbocycles. The van der Waals surface area contributed by atoms with Crippen LogP contribution in [-0.2, 0) is 5.41 Å². The van der Waals surface area contributed by atoms with Crippen molar-refractivity contribution in [2.24, 2.45) is 0 Å². The Morgan fingerprint density at radius 2 is 1.28 bits per heavy atom. The van der Waals surface area contributed by atoms with Gasteiger partial charge < -0.3 is 8.98 Å². The Balaban J connectivity index is 1.19. The molecule has 0 aliphatic heterocycles. The highest BCUT2D eigenvalue weighted by molar-refractivity contribution is 6.18. The van der Waals surface area contributed by atoms with Crippen LogP contribution in [0.15, 0.2) is 144 Å². The number of nitrogens with zero attached hydrogens (tertiary/aromatic N) is 3. The molecule has 0 unspecified atom stereocenters. The van der Waals surface area contributed by atoms with Gasteiger partial charge in [-0.3, -0.25) is 0 Å². The first-order valence-electron chi connectivity index (χ1n) is 16.1. The van der Waals surface area contributed by atoms with Crippen LogP contribution in [0, 0.1) is 0 Å². The van der Waals surface area contributed by atoms with Crippen LogP contribution in [0.5, 0.6) is 0 Å². The van der Waals surface area contributed by atoms with Gasteiger partial charge in [0.05, 0.1) is 22.1 Å². The van der Waals surface area contributed by atoms with Crippen molar-refractivity contribution >= 4 is 43.9 Å². The van der Waals surface area contributed by atoms with Gasteiger partial charge in [-0.15, -0.1) is 0 Å². The quantitative estimate of drug-likeness (QED) is 0.202. The Bertz CT molecular complexity index is 2700. The summed E-state index contributed by atoms with van der Waals surface area (Å²) >= 11 is 0. The van der Waals surface area contributed by atoms with Crippen LogP contribution < -0.4 is 0 Å². The average Bonchev–Trinajstić information content (AvgIpc) is 3.74. The van der Waals surface area contributed by atoms with Gasteiger partial charge in [-0.25, -0.2) is 4.98 Å². The van der Waals surface area contributed by atoms with E-state index in [4.69, 9.17) is 14.4 Å². The van der Waals surface area contributed by atoms with Crippen LogP contribution >= 0.6 is 0 Å². The summed E-state index contributed by atoms with van der Waals surface area (Å²) in [7, 11) is 0. The molecule has 0 amide bonds. The molecule has 0 saturated heterocycles. The first-order chi connectivity index (χ1) is 23.1. The van der Waals surface area contributed by atoms with Crippen molar-refractivity contribution in [1.29, 1.82) is 0 Å². The minimum atomic E-state index is -0.0519. The van der Waals surface area contributed by atoms with E-state index in [-0.39, 0.29) is 5.41 Å². The lowest BCUT2D eigenvalue weighted by Gasteiger charge is -2.21. The van der Waals surface area contributed by atoms with E-state index in [0.717, 1.165) is 38.9 Å². The van der Waals surface area contributed by atoms with E-state index in [9.17, 15) is 0 Å². The van der Waals surface area contributed by atoms with Gasteiger partial charge in [-0.2, -0.15) is 4.98 Å². The van der Waals surface area contributed by atoms with Crippen LogP contribution in [0.25, 0.3) is 83.3 Å². The van der Waals surface area contributed by atoms with Gasteiger partial charge in [-0.05, 0) is 52.6 Å². The maximum absolute atomic E-state index is 6.28. The van der Waals surface area contributed by atoms with Gasteiger partial charge >= 0.3 is 0 Å². The van der Waals surface area contributed by atoms with Crippen LogP contribution in [0.4, 0.5) is 0 Å². The molecule has 4 heteroatoms. The molecule has 9 aromatic rings. The highest BCUT2D eigenvalue weighted by Gasteiger charge is 2.37. The zero-order valence-corrected chi connectivity index (χ0v) is 26.0. The Morgan fingerprint density at radius 3 is 2.13 bits per heavy atom. The lowest BCUT2D eigenvalue weighted by Crippen LogP contribution is -2.14. The van der Waals surface area contributed by atoms with Crippen molar-refractivity contribution in [2.75, 3.05) is 0 Å². The van der Waals surface area contributed by atoms with Gasteiger partial charge in [-0.1, -0.05) is 123 Å². The zero-order chi connectivity index (χ0) is 31.3. The molecule has 1 aliphatic carbocycles. The molecule has 10 rings (SSSR count). The zero-order valence-electron chi connectivity index (χ0n) is 26.0. The molecule has 0 N–H and O–H groups in total. The molecule has 0 fully saturated rings. The van der Waals surface area contributed by atoms with E-state index in [0.29, 0.717) is 11.5 Å². The normalized spacial score (nSPS) is 13.5. The van der Waals surface area contributed by atoms with E-state index >= 15 is 0 Å². The lowest BCUT2D eigenvalue weighted by molar-refractivity contribution is 0.653. The molecule has 0 radical (unpaired) electrons. The largest absolute Gasteiger partial charge is 0.438 e. The predicted molar refractivity (Wildman–Crippen MR) is 192 cm³/mol. The summed E-state index contributed by atoms with van der Waals surface area (Å²) < 4.78 is 8.68. The number of hydrogen-bond donors (Lipinski definition) is 0. The second-order valence-corrected chi connectivity index (χ2v) is 13.0. The second kappa shape index (κ2) is 9.51. The third-order valence-corrected chi connectivity index (χ3v) is 10.1. The number of benzene rings is 6. The van der Waals surface area contributed by atoms with Crippen LogP contribution in [0.2, 0.25) is 0 Å². The standard InChI is InChI=1S/C43H29N3O/c1-43(2)32-17-9-6-14-29(32)37-33(43)24-25-35-38(37)30-15-7-10-18-34(30)46(35)28-22-20-26(21-23-28)40-39-31-16-8-11-19-36(31)47-42(39)45-41(44-40)27-12-4-3-5-13-27/h3-25H,1-2H3. The molecular weight excluding hydrogens is 574 g/mol. The third kappa shape index (κ3) is 3.64. The number of aromatic nitrogens is 3. The Kier molecular flexibility index (Phi) is 5.31. The van der Waals surface area contributed by atoms with Crippen LogP contribution in [0.1, 0.15) is 25.0 Å². The fourth-order valence-corrected chi connectivity index (χ4v) is 7.85. The number of para-hydroxylation sites is 2. The van der Waals surface area contributed by atoms with E-state index in [1.54, 1.807) is 0 Å². The highest BCUT2D eigenvalue weighted by Crippen LogP contribution is 2.53. The van der Waals surface area contributed by atoms with E-state index in [2.05, 4.69) is 109 Å². The van der Waals surface area contributed by atoms with E-state index < -0.39 is 0 Å². The second-order valence-electron chi connectivity index (χ2n) is 13.0. The minimum absolute atomic E-state index is 0.0519. The van der Waals surface area contributed by atoms with Crippen molar-refractivity contribution in [3.05, 3.63) is 151 Å². The Labute approximate surface area is 271 Å². The lowest BCUT2D eigenvalue weighted by atomic mass is 9.82. The Hall–Kier alpha value is -6.00. The summed E-state index contributed by atoms with van der Waals surface area (Å²) in [5, 5.41) is 4.53. The van der Waals surface area contributed by atoms with Crippen LogP contribution in [-0.4, -0.2) is 14.5 Å². The number of rotatable bonds is 3.